The largest absolute Gasteiger partial charge is 0.573 e. The molecular weight excluding hydrogens is 455 g/mol. The molecule has 0 aliphatic rings. The Kier molecular flexibility index (Phi) is 7.29. The first kappa shape index (κ1) is 24.4. The van der Waals surface area contributed by atoms with Gasteiger partial charge < -0.3 is 20.7 Å². The molecule has 3 rings (SSSR count). The third-order valence-corrected chi connectivity index (χ3v) is 4.80. The Balaban J connectivity index is 1.78. The van der Waals surface area contributed by atoms with Crippen LogP contribution in [0.2, 0.25) is 0 Å². The Morgan fingerprint density at radius 1 is 1.12 bits per heavy atom. The number of carbonyl (C=O) groups excluding carboxylic acids is 1. The van der Waals surface area contributed by atoms with Gasteiger partial charge in [0.15, 0.2) is 0 Å². The van der Waals surface area contributed by atoms with Gasteiger partial charge in [0.25, 0.3) is 5.56 Å². The Morgan fingerprint density at radius 2 is 1.76 bits per heavy atom. The van der Waals surface area contributed by atoms with Gasteiger partial charge in [0, 0.05) is 12.2 Å². The Labute approximate surface area is 191 Å². The van der Waals surface area contributed by atoms with Crippen LogP contribution in [0.1, 0.15) is 12.5 Å². The smallest absolute Gasteiger partial charge is 0.406 e. The van der Waals surface area contributed by atoms with Crippen LogP contribution in [0.5, 0.6) is 5.75 Å². The number of H-pyrrole nitrogens is 1. The number of nitrogen functional groups attached to an aromatic ring is 1. The van der Waals surface area contributed by atoms with Crippen LogP contribution in [0.4, 0.5) is 30.4 Å². The average molecular weight is 477 g/mol. The predicted molar refractivity (Wildman–Crippen MR) is 121 cm³/mol. The minimum absolute atomic E-state index is 0.0397. The van der Waals surface area contributed by atoms with Gasteiger partial charge in [-0.05, 0) is 36.8 Å². The lowest BCUT2D eigenvalue weighted by Gasteiger charge is -2.24. The summed E-state index contributed by atoms with van der Waals surface area (Å²) in [6.07, 6.45) is -4.82. The van der Waals surface area contributed by atoms with Gasteiger partial charge in [-0.3, -0.25) is 19.1 Å². The van der Waals surface area contributed by atoms with Crippen LogP contribution in [0, 0.1) is 0 Å². The minimum Gasteiger partial charge on any atom is -0.406 e. The van der Waals surface area contributed by atoms with Crippen LogP contribution >= 0.6 is 0 Å². The van der Waals surface area contributed by atoms with Crippen molar-refractivity contribution in [2.24, 2.45) is 0 Å². The van der Waals surface area contributed by atoms with Gasteiger partial charge in [0.2, 0.25) is 5.91 Å². The van der Waals surface area contributed by atoms with Gasteiger partial charge in [-0.15, -0.1) is 13.2 Å². The number of nitrogens with one attached hydrogen (secondary N) is 2. The van der Waals surface area contributed by atoms with Gasteiger partial charge in [-0.2, -0.15) is 0 Å². The maximum absolute atomic E-state index is 12.5. The molecule has 4 N–H and O–H groups in total. The molecule has 0 fully saturated rings. The second kappa shape index (κ2) is 10.1. The van der Waals surface area contributed by atoms with Crippen molar-refractivity contribution in [3.8, 4) is 5.75 Å². The second-order valence-electron chi connectivity index (χ2n) is 7.20. The van der Waals surface area contributed by atoms with Crippen molar-refractivity contribution in [2.75, 3.05) is 29.0 Å². The minimum atomic E-state index is -4.82. The fourth-order valence-electron chi connectivity index (χ4n) is 3.27. The standard InChI is InChI=1S/C22H22F3N5O4/c1-2-29(13-17(31)27-15-8-10-16(11-9-15)34-22(23,24)25)18-19(26)30(21(33)28-20(18)32)12-14-6-4-3-5-7-14/h3-11H,2,12-13,26H2,1H3,(H,27,31)(H,28,32,33). The second-order valence-corrected chi connectivity index (χ2v) is 7.20. The van der Waals surface area contributed by atoms with E-state index in [1.165, 1.54) is 21.6 Å². The summed E-state index contributed by atoms with van der Waals surface area (Å²) in [5, 5.41) is 2.53. The van der Waals surface area contributed by atoms with Crippen molar-refractivity contribution in [3.63, 3.8) is 0 Å². The highest BCUT2D eigenvalue weighted by molar-refractivity contribution is 5.94. The Hall–Kier alpha value is -4.22. The molecule has 0 saturated heterocycles. The molecule has 1 amide bonds. The molecule has 0 bridgehead atoms. The molecule has 34 heavy (non-hydrogen) atoms. The lowest BCUT2D eigenvalue weighted by atomic mass is 10.2. The van der Waals surface area contributed by atoms with Gasteiger partial charge >= 0.3 is 12.1 Å². The normalized spacial score (nSPS) is 11.2. The molecule has 0 saturated carbocycles. The molecule has 12 heteroatoms. The molecule has 0 unspecified atom stereocenters. The van der Waals surface area contributed by atoms with Gasteiger partial charge in [-0.1, -0.05) is 30.3 Å². The number of benzene rings is 2. The average Bonchev–Trinajstić information content (AvgIpc) is 2.77. The molecule has 2 aromatic carbocycles. The summed E-state index contributed by atoms with van der Waals surface area (Å²) in [7, 11) is 0. The van der Waals surface area contributed by atoms with Crippen LogP contribution in [-0.4, -0.2) is 34.9 Å². The van der Waals surface area contributed by atoms with E-state index in [0.29, 0.717) is 0 Å². The van der Waals surface area contributed by atoms with Crippen molar-refractivity contribution in [2.45, 2.75) is 19.8 Å². The maximum atomic E-state index is 12.5. The van der Waals surface area contributed by atoms with Crippen LogP contribution in [0.3, 0.4) is 0 Å². The highest BCUT2D eigenvalue weighted by Gasteiger charge is 2.31. The number of ether oxygens (including phenoxy) is 1. The molecular formula is C22H22F3N5O4. The first-order chi connectivity index (χ1) is 16.1. The SMILES string of the molecule is CCN(CC(=O)Nc1ccc(OC(F)(F)F)cc1)c1c(N)n(Cc2ccccc2)c(=O)[nH]c1=O. The van der Waals surface area contributed by atoms with Crippen molar-refractivity contribution in [3.05, 3.63) is 81.0 Å². The van der Waals surface area contributed by atoms with Crippen LogP contribution in [-0.2, 0) is 11.3 Å². The van der Waals surface area contributed by atoms with Crippen molar-refractivity contribution >= 4 is 23.1 Å². The fraction of sp³-hybridized carbons (Fsp3) is 0.227. The number of rotatable bonds is 8. The summed E-state index contributed by atoms with van der Waals surface area (Å²) in [6.45, 7) is 1.73. The summed E-state index contributed by atoms with van der Waals surface area (Å²) in [4.78, 5) is 41.1. The molecule has 0 spiro atoms. The van der Waals surface area contributed by atoms with E-state index in [-0.39, 0.29) is 36.8 Å². The van der Waals surface area contributed by atoms with Crippen LogP contribution in [0.15, 0.2) is 64.2 Å². The van der Waals surface area contributed by atoms with Crippen LogP contribution < -0.4 is 31.9 Å². The van der Waals surface area contributed by atoms with E-state index in [1.54, 1.807) is 31.2 Å². The number of nitrogens with two attached hydrogens (primary N) is 1. The summed E-state index contributed by atoms with van der Waals surface area (Å²) >= 11 is 0. The number of aromatic amines is 1. The van der Waals surface area contributed by atoms with E-state index in [2.05, 4.69) is 15.0 Å². The molecule has 0 radical (unpaired) electrons. The molecule has 1 aromatic heterocycles. The van der Waals surface area contributed by atoms with Crippen LogP contribution in [0.25, 0.3) is 0 Å². The zero-order valence-corrected chi connectivity index (χ0v) is 18.1. The Morgan fingerprint density at radius 3 is 2.35 bits per heavy atom. The molecule has 0 atom stereocenters. The van der Waals surface area contributed by atoms with E-state index in [4.69, 9.17) is 5.73 Å². The molecule has 9 nitrogen and oxygen atoms in total. The third-order valence-electron chi connectivity index (χ3n) is 4.80. The van der Waals surface area contributed by atoms with Gasteiger partial charge in [0.05, 0.1) is 13.1 Å². The van der Waals surface area contributed by atoms with E-state index < -0.39 is 29.3 Å². The topological polar surface area (TPSA) is 122 Å². The number of nitrogens with zero attached hydrogens (tertiary/aromatic N) is 2. The van der Waals surface area contributed by atoms with E-state index >= 15 is 0 Å². The van der Waals surface area contributed by atoms with Crippen molar-refractivity contribution in [1.29, 1.82) is 0 Å². The quantitative estimate of drug-likeness (QED) is 0.458. The Bertz CT molecular complexity index is 1250. The van der Waals surface area contributed by atoms with Gasteiger partial charge in [-0.25, -0.2) is 4.79 Å². The number of aromatic nitrogens is 2. The molecule has 1 heterocycles. The molecule has 180 valence electrons. The zero-order chi connectivity index (χ0) is 24.9. The van der Waals surface area contributed by atoms with Crippen molar-refractivity contribution < 1.29 is 22.7 Å². The summed E-state index contributed by atoms with van der Waals surface area (Å²) < 4.78 is 41.8. The van der Waals surface area contributed by atoms with E-state index in [9.17, 15) is 27.6 Å². The third kappa shape index (κ3) is 6.18. The number of hydrogen-bond donors (Lipinski definition) is 3. The predicted octanol–water partition coefficient (Wildman–Crippen LogP) is 2.53. The lowest BCUT2D eigenvalue weighted by Crippen LogP contribution is -2.41. The summed E-state index contributed by atoms with van der Waals surface area (Å²) in [6, 6.07) is 13.6. The maximum Gasteiger partial charge on any atom is 0.573 e. The highest BCUT2D eigenvalue weighted by Crippen LogP contribution is 2.24. The number of amides is 1. The number of anilines is 3. The van der Waals surface area contributed by atoms with Crippen molar-refractivity contribution in [1.82, 2.24) is 9.55 Å². The first-order valence-electron chi connectivity index (χ1n) is 10.1. The highest BCUT2D eigenvalue weighted by atomic mass is 19.4. The molecule has 0 aliphatic carbocycles. The van der Waals surface area contributed by atoms with Gasteiger partial charge in [0.1, 0.15) is 17.3 Å². The monoisotopic (exact) mass is 477 g/mol. The zero-order valence-electron chi connectivity index (χ0n) is 18.1. The number of alkyl halides is 3. The first-order valence-corrected chi connectivity index (χ1v) is 10.1. The number of carbonyl (C=O) groups is 1. The fourth-order valence-corrected chi connectivity index (χ4v) is 3.27. The molecule has 3 aromatic rings. The number of likely N-dealkylation sites (N-methyl/N-ethyl adjacent to an activating group) is 1. The number of hydrogen-bond acceptors (Lipinski definition) is 6. The number of halogens is 3. The molecule has 0 aliphatic heterocycles. The summed E-state index contributed by atoms with van der Waals surface area (Å²) in [5.41, 5.74) is 5.72. The van der Waals surface area contributed by atoms with E-state index in [1.807, 2.05) is 6.07 Å². The van der Waals surface area contributed by atoms with E-state index in [0.717, 1.165) is 17.7 Å². The summed E-state index contributed by atoms with van der Waals surface area (Å²) in [5.74, 6) is -1.08. The lowest BCUT2D eigenvalue weighted by molar-refractivity contribution is -0.274.